The monoisotopic (exact) mass is 286 g/mol. The lowest BCUT2D eigenvalue weighted by atomic mass is 10.1. The highest BCUT2D eigenvalue weighted by Gasteiger charge is 2.21. The number of likely N-dealkylation sites (N-methyl/N-ethyl adjacent to an activating group) is 1. The van der Waals surface area contributed by atoms with Crippen molar-refractivity contribution in [3.05, 3.63) is 29.8 Å². The minimum atomic E-state index is -0.0647. The summed E-state index contributed by atoms with van der Waals surface area (Å²) in [5, 5.41) is 15.3. The Bertz CT molecular complexity index is 517. The van der Waals surface area contributed by atoms with Gasteiger partial charge in [-0.3, -0.25) is 9.69 Å². The number of para-hydroxylation sites is 1. The number of piperidine rings is 1. The van der Waals surface area contributed by atoms with Crippen LogP contribution in [-0.2, 0) is 4.79 Å². The normalized spacial score (nSPS) is 18.2. The number of hydrogen-bond donors (Lipinski definition) is 2. The third kappa shape index (κ3) is 4.28. The van der Waals surface area contributed by atoms with Crippen molar-refractivity contribution in [3.8, 4) is 6.07 Å². The Labute approximate surface area is 125 Å². The largest absolute Gasteiger partial charge is 0.324 e. The van der Waals surface area contributed by atoms with E-state index >= 15 is 0 Å². The molecule has 0 aliphatic carbocycles. The number of rotatable bonds is 5. The van der Waals surface area contributed by atoms with E-state index in [-0.39, 0.29) is 5.91 Å². The van der Waals surface area contributed by atoms with Crippen molar-refractivity contribution in [1.82, 2.24) is 10.2 Å². The van der Waals surface area contributed by atoms with Gasteiger partial charge in [0.2, 0.25) is 5.91 Å². The summed E-state index contributed by atoms with van der Waals surface area (Å²) in [7, 11) is 0. The van der Waals surface area contributed by atoms with Gasteiger partial charge in [-0.25, -0.2) is 0 Å². The van der Waals surface area contributed by atoms with Crippen LogP contribution in [0.1, 0.15) is 25.3 Å². The molecule has 112 valence electrons. The van der Waals surface area contributed by atoms with Crippen molar-refractivity contribution in [3.63, 3.8) is 0 Å². The van der Waals surface area contributed by atoms with Crippen molar-refractivity contribution >= 4 is 11.6 Å². The molecule has 5 heteroatoms. The Kier molecular flexibility index (Phi) is 5.73. The second-order valence-electron chi connectivity index (χ2n) is 5.27. The summed E-state index contributed by atoms with van der Waals surface area (Å²) in [6, 6.07) is 9.59. The van der Waals surface area contributed by atoms with Crippen molar-refractivity contribution in [2.24, 2.45) is 0 Å². The second-order valence-corrected chi connectivity index (χ2v) is 5.27. The van der Waals surface area contributed by atoms with Gasteiger partial charge in [-0.2, -0.15) is 5.26 Å². The molecule has 1 aromatic carbocycles. The second kappa shape index (κ2) is 7.77. The first-order chi connectivity index (χ1) is 10.2. The van der Waals surface area contributed by atoms with E-state index in [1.54, 1.807) is 18.2 Å². The third-order valence-electron chi connectivity index (χ3n) is 3.86. The molecule has 1 unspecified atom stereocenters. The van der Waals surface area contributed by atoms with E-state index in [9.17, 15) is 4.79 Å². The highest BCUT2D eigenvalue weighted by Crippen LogP contribution is 2.14. The van der Waals surface area contributed by atoms with Gasteiger partial charge in [-0.15, -0.1) is 0 Å². The van der Waals surface area contributed by atoms with E-state index in [1.165, 1.54) is 0 Å². The van der Waals surface area contributed by atoms with Crippen LogP contribution in [0.15, 0.2) is 24.3 Å². The maximum absolute atomic E-state index is 12.2. The fraction of sp³-hybridized carbons (Fsp3) is 0.500. The standard InChI is InChI=1S/C16H22N4O/c1-2-20(14-7-5-9-18-11-14)12-16(21)19-15-8-4-3-6-13(15)10-17/h3-4,6,8,14,18H,2,5,7,9,11-12H2,1H3,(H,19,21). The Balaban J connectivity index is 1.95. The summed E-state index contributed by atoms with van der Waals surface area (Å²) < 4.78 is 0. The minimum Gasteiger partial charge on any atom is -0.324 e. The van der Waals surface area contributed by atoms with Crippen molar-refractivity contribution in [1.29, 1.82) is 5.26 Å². The first kappa shape index (κ1) is 15.5. The zero-order valence-electron chi connectivity index (χ0n) is 12.4. The van der Waals surface area contributed by atoms with Crippen LogP contribution < -0.4 is 10.6 Å². The zero-order valence-corrected chi connectivity index (χ0v) is 12.4. The molecule has 0 aromatic heterocycles. The first-order valence-corrected chi connectivity index (χ1v) is 7.48. The molecule has 21 heavy (non-hydrogen) atoms. The molecule has 0 bridgehead atoms. The van der Waals surface area contributed by atoms with Gasteiger partial charge in [-0.1, -0.05) is 19.1 Å². The van der Waals surface area contributed by atoms with Gasteiger partial charge in [0.15, 0.2) is 0 Å². The summed E-state index contributed by atoms with van der Waals surface area (Å²) in [4.78, 5) is 14.4. The zero-order chi connectivity index (χ0) is 15.1. The molecule has 2 rings (SSSR count). The van der Waals surface area contributed by atoms with Gasteiger partial charge < -0.3 is 10.6 Å². The SMILES string of the molecule is CCN(CC(=O)Nc1ccccc1C#N)C1CCCNC1. The van der Waals surface area contributed by atoms with Crippen LogP contribution >= 0.6 is 0 Å². The number of nitriles is 1. The number of nitrogens with one attached hydrogen (secondary N) is 2. The van der Waals surface area contributed by atoms with Gasteiger partial charge in [0.05, 0.1) is 17.8 Å². The summed E-state index contributed by atoms with van der Waals surface area (Å²) in [5.74, 6) is -0.0647. The van der Waals surface area contributed by atoms with E-state index in [1.807, 2.05) is 6.07 Å². The molecule has 1 aliphatic rings. The number of hydrogen-bond acceptors (Lipinski definition) is 4. The summed E-state index contributed by atoms with van der Waals surface area (Å²) in [5.41, 5.74) is 1.08. The first-order valence-electron chi connectivity index (χ1n) is 7.48. The fourth-order valence-electron chi connectivity index (χ4n) is 2.71. The number of carbonyl (C=O) groups is 1. The summed E-state index contributed by atoms with van der Waals surface area (Å²) in [6.45, 7) is 5.29. The molecule has 0 radical (unpaired) electrons. The van der Waals surface area contributed by atoms with Crippen LogP contribution in [0.5, 0.6) is 0 Å². The van der Waals surface area contributed by atoms with Crippen molar-refractivity contribution in [2.45, 2.75) is 25.8 Å². The minimum absolute atomic E-state index is 0.0647. The lowest BCUT2D eigenvalue weighted by Crippen LogP contribution is -2.48. The highest BCUT2D eigenvalue weighted by molar-refractivity contribution is 5.93. The predicted octanol–water partition coefficient (Wildman–Crippen LogP) is 1.57. The molecular weight excluding hydrogens is 264 g/mol. The van der Waals surface area contributed by atoms with E-state index in [2.05, 4.69) is 28.5 Å². The average molecular weight is 286 g/mol. The van der Waals surface area contributed by atoms with Crippen LogP contribution in [0.25, 0.3) is 0 Å². The quantitative estimate of drug-likeness (QED) is 0.862. The van der Waals surface area contributed by atoms with Crippen molar-refractivity contribution in [2.75, 3.05) is 31.5 Å². The smallest absolute Gasteiger partial charge is 0.238 e. The molecule has 0 spiro atoms. The highest BCUT2D eigenvalue weighted by atomic mass is 16.2. The Hall–Kier alpha value is -1.90. The van der Waals surface area contributed by atoms with Gasteiger partial charge in [0.1, 0.15) is 6.07 Å². The number of anilines is 1. The topological polar surface area (TPSA) is 68.2 Å². The molecule has 1 saturated heterocycles. The summed E-state index contributed by atoms with van der Waals surface area (Å²) >= 11 is 0. The fourth-order valence-corrected chi connectivity index (χ4v) is 2.71. The van der Waals surface area contributed by atoms with Crippen molar-refractivity contribution < 1.29 is 4.79 Å². The Morgan fingerprint density at radius 2 is 2.33 bits per heavy atom. The van der Waals surface area contributed by atoms with Gasteiger partial charge in [0, 0.05) is 12.6 Å². The average Bonchev–Trinajstić information content (AvgIpc) is 2.54. The van der Waals surface area contributed by atoms with E-state index < -0.39 is 0 Å². The molecule has 1 atom stereocenters. The molecule has 2 N–H and O–H groups in total. The van der Waals surface area contributed by atoms with Gasteiger partial charge in [-0.05, 0) is 38.1 Å². The predicted molar refractivity (Wildman–Crippen MR) is 82.9 cm³/mol. The number of nitrogens with zero attached hydrogens (tertiary/aromatic N) is 2. The lowest BCUT2D eigenvalue weighted by molar-refractivity contribution is -0.117. The molecule has 1 aliphatic heterocycles. The van der Waals surface area contributed by atoms with Crippen LogP contribution in [0.3, 0.4) is 0 Å². The third-order valence-corrected chi connectivity index (χ3v) is 3.86. The van der Waals surface area contributed by atoms with Crippen LogP contribution in [0.4, 0.5) is 5.69 Å². The van der Waals surface area contributed by atoms with Crippen LogP contribution in [0.2, 0.25) is 0 Å². The van der Waals surface area contributed by atoms with E-state index in [0.717, 1.165) is 32.5 Å². The Morgan fingerprint density at radius 1 is 1.52 bits per heavy atom. The molecule has 0 saturated carbocycles. The van der Waals surface area contributed by atoms with E-state index in [4.69, 9.17) is 5.26 Å². The lowest BCUT2D eigenvalue weighted by Gasteiger charge is -2.33. The molecule has 1 heterocycles. The Morgan fingerprint density at radius 3 is 3.00 bits per heavy atom. The summed E-state index contributed by atoms with van der Waals surface area (Å²) in [6.07, 6.45) is 2.28. The molecule has 1 fully saturated rings. The maximum atomic E-state index is 12.2. The van der Waals surface area contributed by atoms with Gasteiger partial charge in [0.25, 0.3) is 0 Å². The molecular formula is C16H22N4O. The van der Waals surface area contributed by atoms with Crippen LogP contribution in [-0.4, -0.2) is 43.0 Å². The molecule has 1 amide bonds. The molecule has 1 aromatic rings. The number of amides is 1. The maximum Gasteiger partial charge on any atom is 0.238 e. The number of benzene rings is 1. The van der Waals surface area contributed by atoms with Crippen LogP contribution in [0, 0.1) is 11.3 Å². The number of carbonyl (C=O) groups excluding carboxylic acids is 1. The van der Waals surface area contributed by atoms with E-state index in [0.29, 0.717) is 23.8 Å². The molecule has 5 nitrogen and oxygen atoms in total. The van der Waals surface area contributed by atoms with Gasteiger partial charge >= 0.3 is 0 Å².